The fourth-order valence-corrected chi connectivity index (χ4v) is 2.41. The molecule has 0 saturated heterocycles. The van der Waals surface area contributed by atoms with E-state index in [0.29, 0.717) is 5.56 Å². The summed E-state index contributed by atoms with van der Waals surface area (Å²) in [4.78, 5) is 24.5. The molecule has 27 heavy (non-hydrogen) atoms. The maximum Gasteiger partial charge on any atom is 0.387 e. The van der Waals surface area contributed by atoms with E-state index in [9.17, 15) is 23.7 Å². The van der Waals surface area contributed by atoms with E-state index in [-0.39, 0.29) is 35.9 Å². The molecule has 9 heteroatoms. The lowest BCUT2D eigenvalue weighted by Crippen LogP contribution is -2.26. The summed E-state index contributed by atoms with van der Waals surface area (Å²) < 4.78 is 33.8. The van der Waals surface area contributed by atoms with Gasteiger partial charge in [0.15, 0.2) is 5.75 Å². The number of nitro benzene ring substituents is 1. The lowest BCUT2D eigenvalue weighted by atomic mass is 10.1. The maximum atomic E-state index is 12.5. The van der Waals surface area contributed by atoms with E-state index in [1.165, 1.54) is 42.3 Å². The van der Waals surface area contributed by atoms with Gasteiger partial charge in [0.25, 0.3) is 5.91 Å². The summed E-state index contributed by atoms with van der Waals surface area (Å²) in [7, 11) is 1.54. The van der Waals surface area contributed by atoms with Crippen LogP contribution < -0.4 is 9.47 Å². The van der Waals surface area contributed by atoms with Crippen molar-refractivity contribution >= 4 is 11.6 Å². The van der Waals surface area contributed by atoms with Gasteiger partial charge in [-0.05, 0) is 36.8 Å². The molecule has 0 bridgehead atoms. The molecular weight excluding hydrogens is 362 g/mol. The van der Waals surface area contributed by atoms with Gasteiger partial charge < -0.3 is 14.4 Å². The zero-order valence-electron chi connectivity index (χ0n) is 14.7. The summed E-state index contributed by atoms with van der Waals surface area (Å²) in [5.74, 6) is -0.310. The van der Waals surface area contributed by atoms with Crippen molar-refractivity contribution in [3.8, 4) is 11.5 Å². The number of nitrogens with zero attached hydrogens (tertiary/aromatic N) is 2. The molecule has 2 aromatic rings. The maximum absolute atomic E-state index is 12.5. The van der Waals surface area contributed by atoms with E-state index < -0.39 is 17.4 Å². The van der Waals surface area contributed by atoms with Crippen molar-refractivity contribution in [1.82, 2.24) is 4.90 Å². The minimum Gasteiger partial charge on any atom is -0.487 e. The van der Waals surface area contributed by atoms with Gasteiger partial charge in [0.05, 0.1) is 11.5 Å². The summed E-state index contributed by atoms with van der Waals surface area (Å²) in [5.41, 5.74) is 0.544. The summed E-state index contributed by atoms with van der Waals surface area (Å²) in [6.45, 7) is -0.752. The quantitative estimate of drug-likeness (QED) is 0.513. The molecule has 0 aromatic heterocycles. The summed E-state index contributed by atoms with van der Waals surface area (Å²) in [6, 6.07) is 9.88. The molecule has 0 aliphatic heterocycles. The van der Waals surface area contributed by atoms with E-state index in [1.54, 1.807) is 19.1 Å². The third-order valence-corrected chi connectivity index (χ3v) is 3.62. The van der Waals surface area contributed by atoms with Crippen LogP contribution in [0.15, 0.2) is 42.5 Å². The Morgan fingerprint density at radius 1 is 1.22 bits per heavy atom. The fraction of sp³-hybridized carbons (Fsp3) is 0.278. The van der Waals surface area contributed by atoms with Gasteiger partial charge in [-0.3, -0.25) is 14.9 Å². The van der Waals surface area contributed by atoms with Gasteiger partial charge in [0.2, 0.25) is 0 Å². The molecule has 0 unspecified atom stereocenters. The minimum absolute atomic E-state index is 0.0184. The second-order valence-corrected chi connectivity index (χ2v) is 5.56. The number of carbonyl (C=O) groups excluding carboxylic acids is 1. The number of carbonyl (C=O) groups is 1. The van der Waals surface area contributed by atoms with E-state index >= 15 is 0 Å². The second kappa shape index (κ2) is 8.93. The van der Waals surface area contributed by atoms with Crippen LogP contribution in [0.25, 0.3) is 0 Å². The first-order valence-corrected chi connectivity index (χ1v) is 8.02. The van der Waals surface area contributed by atoms with Crippen molar-refractivity contribution < 1.29 is 28.0 Å². The van der Waals surface area contributed by atoms with Crippen molar-refractivity contribution in [3.05, 3.63) is 63.7 Å². The number of hydrogen-bond donors (Lipinski definition) is 0. The van der Waals surface area contributed by atoms with E-state index in [4.69, 9.17) is 4.74 Å². The van der Waals surface area contributed by atoms with E-state index in [1.807, 2.05) is 0 Å². The van der Waals surface area contributed by atoms with Gasteiger partial charge in [0, 0.05) is 25.2 Å². The molecule has 0 aliphatic rings. The van der Waals surface area contributed by atoms with Gasteiger partial charge in [0.1, 0.15) is 5.75 Å². The fourth-order valence-electron chi connectivity index (χ4n) is 2.41. The van der Waals surface area contributed by atoms with Crippen LogP contribution in [0, 0.1) is 10.1 Å². The lowest BCUT2D eigenvalue weighted by molar-refractivity contribution is -0.385. The van der Waals surface area contributed by atoms with E-state index in [0.717, 1.165) is 0 Å². The van der Waals surface area contributed by atoms with Gasteiger partial charge in [-0.15, -0.1) is 0 Å². The van der Waals surface area contributed by atoms with Crippen LogP contribution in [-0.4, -0.2) is 36.0 Å². The Morgan fingerprint density at radius 3 is 2.44 bits per heavy atom. The Bertz CT molecular complexity index is 812. The third kappa shape index (κ3) is 5.37. The largest absolute Gasteiger partial charge is 0.487 e. The molecule has 2 rings (SSSR count). The summed E-state index contributed by atoms with van der Waals surface area (Å²) >= 11 is 0. The predicted molar refractivity (Wildman–Crippen MR) is 93.1 cm³/mol. The second-order valence-electron chi connectivity index (χ2n) is 5.56. The monoisotopic (exact) mass is 380 g/mol. The molecular formula is C18H18F2N2O5. The highest BCUT2D eigenvalue weighted by molar-refractivity contribution is 5.95. The minimum atomic E-state index is -2.91. The number of hydrogen-bond acceptors (Lipinski definition) is 5. The molecule has 144 valence electrons. The number of benzene rings is 2. The zero-order valence-corrected chi connectivity index (χ0v) is 14.7. The highest BCUT2D eigenvalue weighted by atomic mass is 19.3. The first-order chi connectivity index (χ1) is 12.8. The van der Waals surface area contributed by atoms with Crippen LogP contribution in [0.4, 0.5) is 14.5 Å². The predicted octanol–water partition coefficient (Wildman–Crippen LogP) is 3.87. The third-order valence-electron chi connectivity index (χ3n) is 3.62. The zero-order chi connectivity index (χ0) is 20.0. The molecule has 1 amide bonds. The Kier molecular flexibility index (Phi) is 6.64. The number of ether oxygens (including phenoxy) is 2. The van der Waals surface area contributed by atoms with Gasteiger partial charge in [-0.25, -0.2) is 0 Å². The average Bonchev–Trinajstić information content (AvgIpc) is 2.62. The number of rotatable bonds is 8. The van der Waals surface area contributed by atoms with Crippen molar-refractivity contribution in [3.63, 3.8) is 0 Å². The molecule has 0 N–H and O–H groups in total. The highest BCUT2D eigenvalue weighted by Gasteiger charge is 2.20. The Hall–Kier alpha value is -3.23. The average molecular weight is 380 g/mol. The lowest BCUT2D eigenvalue weighted by Gasteiger charge is -2.18. The number of halogens is 2. The topological polar surface area (TPSA) is 81.9 Å². The van der Waals surface area contributed by atoms with Crippen LogP contribution in [0.3, 0.4) is 0 Å². The normalized spacial score (nSPS) is 10.6. The standard InChI is InChI=1S/C18H18F2N2O5/c1-3-26-16-9-6-13(10-15(16)22(24)25)17(23)21(2)11-12-4-7-14(8-5-12)27-18(19)20/h4-10,18H,3,11H2,1-2H3. The molecule has 0 aliphatic carbocycles. The van der Waals surface area contributed by atoms with Crippen molar-refractivity contribution in [2.75, 3.05) is 13.7 Å². The van der Waals surface area contributed by atoms with Crippen LogP contribution >= 0.6 is 0 Å². The number of alkyl halides is 2. The Balaban J connectivity index is 2.12. The van der Waals surface area contributed by atoms with Gasteiger partial charge in [-0.1, -0.05) is 12.1 Å². The van der Waals surface area contributed by atoms with Crippen LogP contribution in [0.2, 0.25) is 0 Å². The molecule has 0 spiro atoms. The van der Waals surface area contributed by atoms with Crippen molar-refractivity contribution in [1.29, 1.82) is 0 Å². The molecule has 0 fully saturated rings. The first kappa shape index (κ1) is 20.1. The molecule has 0 saturated carbocycles. The van der Waals surface area contributed by atoms with Gasteiger partial charge >= 0.3 is 12.3 Å². The Morgan fingerprint density at radius 2 is 1.89 bits per heavy atom. The first-order valence-electron chi connectivity index (χ1n) is 8.02. The van der Waals surface area contributed by atoms with Gasteiger partial charge in [-0.2, -0.15) is 8.78 Å². The van der Waals surface area contributed by atoms with Crippen molar-refractivity contribution in [2.45, 2.75) is 20.1 Å². The summed E-state index contributed by atoms with van der Waals surface area (Å²) in [5, 5.41) is 11.2. The number of amides is 1. The van der Waals surface area contributed by atoms with Crippen LogP contribution in [-0.2, 0) is 6.54 Å². The van der Waals surface area contributed by atoms with Crippen LogP contribution in [0.1, 0.15) is 22.8 Å². The smallest absolute Gasteiger partial charge is 0.387 e. The molecule has 0 radical (unpaired) electrons. The number of nitro groups is 1. The molecule has 2 aromatic carbocycles. The van der Waals surface area contributed by atoms with Crippen molar-refractivity contribution in [2.24, 2.45) is 0 Å². The molecule has 0 heterocycles. The SMILES string of the molecule is CCOc1ccc(C(=O)N(C)Cc2ccc(OC(F)F)cc2)cc1[N+](=O)[O-]. The molecule has 0 atom stereocenters. The van der Waals surface area contributed by atoms with E-state index in [2.05, 4.69) is 4.74 Å². The van der Waals surface area contributed by atoms with Crippen LogP contribution in [0.5, 0.6) is 11.5 Å². The summed E-state index contributed by atoms with van der Waals surface area (Å²) in [6.07, 6.45) is 0. The Labute approximate surface area is 154 Å². The highest BCUT2D eigenvalue weighted by Crippen LogP contribution is 2.28. The molecule has 7 nitrogen and oxygen atoms in total.